The molecule has 0 heterocycles. The van der Waals surface area contributed by atoms with Gasteiger partial charge >= 0.3 is 7.82 Å². The summed E-state index contributed by atoms with van der Waals surface area (Å²) in [7, 11) is -5.35. The van der Waals surface area contributed by atoms with Crippen LogP contribution < -0.4 is 9.05 Å². The Hall–Kier alpha value is -1.55. The zero-order valence-electron chi connectivity index (χ0n) is 14.5. The molecular weight excluding hydrogens is 339 g/mol. The van der Waals surface area contributed by atoms with Gasteiger partial charge in [0, 0.05) is 0 Å². The van der Waals surface area contributed by atoms with Crippen LogP contribution in [0.25, 0.3) is 0 Å². The lowest BCUT2D eigenvalue weighted by Gasteiger charge is -2.25. The molecule has 0 aromatic heterocycles. The molecule has 0 amide bonds. The lowest BCUT2D eigenvalue weighted by atomic mass is 10.3. The van der Waals surface area contributed by atoms with Gasteiger partial charge in [0.25, 0.3) is 0 Å². The van der Waals surface area contributed by atoms with Crippen molar-refractivity contribution in [2.45, 2.75) is 32.5 Å². The van der Waals surface area contributed by atoms with E-state index in [0.717, 1.165) is 12.5 Å². The first-order valence-corrected chi connectivity index (χ1v) is 13.0. The monoisotopic (exact) mass is 364 g/mol. The average Bonchev–Trinajstić information content (AvgIpc) is 2.55. The minimum Gasteiger partial charge on any atom is -0.395 e. The van der Waals surface area contributed by atoms with Crippen LogP contribution in [0, 0.1) is 0 Å². The Balaban J connectivity index is 2.15. The van der Waals surface area contributed by atoms with Gasteiger partial charge in [-0.2, -0.15) is 0 Å². The van der Waals surface area contributed by atoms with Gasteiger partial charge < -0.3 is 9.05 Å². The van der Waals surface area contributed by atoms with Gasteiger partial charge in [-0.25, -0.2) is 4.57 Å². The second-order valence-electron chi connectivity index (χ2n) is 6.44. The van der Waals surface area contributed by atoms with E-state index in [1.807, 2.05) is 36.4 Å². The number of hydrogen-bond acceptors (Lipinski definition) is 4. The SMILES string of the molecule is CCC[Si](C)(C)COP(=O)(Oc1ccccc1)Oc1ccccc1. The smallest absolute Gasteiger partial charge is 0.395 e. The molecular formula is C18H25O4PSi. The molecule has 0 fully saturated rings. The molecule has 0 bridgehead atoms. The number of phosphoric ester groups is 1. The van der Waals surface area contributed by atoms with E-state index in [1.165, 1.54) is 0 Å². The van der Waals surface area contributed by atoms with Gasteiger partial charge in [0.2, 0.25) is 0 Å². The predicted octanol–water partition coefficient (Wildman–Crippen LogP) is 5.93. The molecule has 0 aliphatic heterocycles. The standard InChI is InChI=1S/C18H25O4PSi/c1-4-15-24(2,3)16-20-23(19,21-17-11-7-5-8-12-17)22-18-13-9-6-10-14-18/h5-14H,4,15-16H2,1-3H3. The maximum atomic E-state index is 13.2. The molecule has 0 atom stereocenters. The number of para-hydroxylation sites is 2. The van der Waals surface area contributed by atoms with Crippen molar-refractivity contribution in [3.63, 3.8) is 0 Å². The van der Waals surface area contributed by atoms with Crippen molar-refractivity contribution in [3.8, 4) is 11.5 Å². The van der Waals surface area contributed by atoms with E-state index in [1.54, 1.807) is 24.3 Å². The fraction of sp³-hybridized carbons (Fsp3) is 0.333. The Morgan fingerprint density at radius 3 is 1.75 bits per heavy atom. The normalized spacial score (nSPS) is 12.0. The van der Waals surface area contributed by atoms with Crippen molar-refractivity contribution in [3.05, 3.63) is 60.7 Å². The van der Waals surface area contributed by atoms with Crippen LogP contribution in [0.5, 0.6) is 11.5 Å². The molecule has 0 aliphatic rings. The van der Waals surface area contributed by atoms with E-state index in [4.69, 9.17) is 13.6 Å². The Labute approximate surface area is 145 Å². The Kier molecular flexibility index (Phi) is 6.66. The third-order valence-corrected chi connectivity index (χ3v) is 7.80. The molecule has 0 saturated heterocycles. The van der Waals surface area contributed by atoms with Crippen molar-refractivity contribution in [2.75, 3.05) is 6.23 Å². The third kappa shape index (κ3) is 6.15. The van der Waals surface area contributed by atoms with E-state index in [9.17, 15) is 4.57 Å². The fourth-order valence-electron chi connectivity index (χ4n) is 2.29. The summed E-state index contributed by atoms with van der Waals surface area (Å²) in [5.74, 6) is 0.929. The maximum absolute atomic E-state index is 13.2. The first-order valence-electron chi connectivity index (χ1n) is 8.16. The van der Waals surface area contributed by atoms with Crippen LogP contribution in [0.3, 0.4) is 0 Å². The summed E-state index contributed by atoms with van der Waals surface area (Å²) in [5, 5.41) is 0. The highest BCUT2D eigenvalue weighted by molar-refractivity contribution is 7.49. The summed E-state index contributed by atoms with van der Waals surface area (Å²) in [6.07, 6.45) is 1.52. The van der Waals surface area contributed by atoms with Crippen molar-refractivity contribution in [1.82, 2.24) is 0 Å². The summed E-state index contributed by atoms with van der Waals surface area (Å²) >= 11 is 0. The largest absolute Gasteiger partial charge is 0.587 e. The summed E-state index contributed by atoms with van der Waals surface area (Å²) in [6.45, 7) is 6.58. The molecule has 24 heavy (non-hydrogen) atoms. The quantitative estimate of drug-likeness (QED) is 0.409. The number of benzene rings is 2. The molecule has 2 rings (SSSR count). The van der Waals surface area contributed by atoms with Crippen LogP contribution >= 0.6 is 7.82 Å². The van der Waals surface area contributed by atoms with Crippen LogP contribution in [-0.4, -0.2) is 14.3 Å². The number of rotatable bonds is 9. The predicted molar refractivity (Wildman–Crippen MR) is 100 cm³/mol. The average molecular weight is 364 g/mol. The van der Waals surface area contributed by atoms with E-state index in [2.05, 4.69) is 20.0 Å². The van der Waals surface area contributed by atoms with Crippen LogP contribution in [0.2, 0.25) is 19.1 Å². The summed E-state index contributed by atoms with van der Waals surface area (Å²) in [4.78, 5) is 0. The van der Waals surface area contributed by atoms with Crippen LogP contribution in [0.4, 0.5) is 0 Å². The van der Waals surface area contributed by atoms with Gasteiger partial charge in [-0.3, -0.25) is 4.52 Å². The van der Waals surface area contributed by atoms with E-state index >= 15 is 0 Å². The number of phosphoric acid groups is 1. The molecule has 130 valence electrons. The Bertz CT molecular complexity index is 616. The molecule has 0 saturated carbocycles. The highest BCUT2D eigenvalue weighted by atomic mass is 31.2. The van der Waals surface area contributed by atoms with Crippen molar-refractivity contribution < 1.29 is 18.1 Å². The van der Waals surface area contributed by atoms with E-state index in [0.29, 0.717) is 17.7 Å². The van der Waals surface area contributed by atoms with Gasteiger partial charge in [-0.1, -0.05) is 68.9 Å². The van der Waals surface area contributed by atoms with Crippen LogP contribution in [-0.2, 0) is 9.09 Å². The van der Waals surface area contributed by atoms with E-state index in [-0.39, 0.29) is 0 Å². The van der Waals surface area contributed by atoms with Gasteiger partial charge in [0.1, 0.15) is 11.5 Å². The number of hydrogen-bond donors (Lipinski definition) is 0. The maximum Gasteiger partial charge on any atom is 0.587 e. The zero-order chi connectivity index (χ0) is 17.5. The molecule has 0 unspecified atom stereocenters. The Morgan fingerprint density at radius 1 is 0.875 bits per heavy atom. The van der Waals surface area contributed by atoms with Gasteiger partial charge in [0.05, 0.1) is 14.3 Å². The fourth-order valence-corrected chi connectivity index (χ4v) is 6.73. The lowest BCUT2D eigenvalue weighted by Crippen LogP contribution is -2.32. The first-order chi connectivity index (χ1) is 11.4. The highest BCUT2D eigenvalue weighted by Gasteiger charge is 2.34. The molecule has 0 spiro atoms. The Morgan fingerprint density at radius 2 is 1.33 bits per heavy atom. The van der Waals surface area contributed by atoms with Crippen LogP contribution in [0.15, 0.2) is 60.7 Å². The van der Waals surface area contributed by atoms with Gasteiger partial charge in [-0.15, -0.1) is 0 Å². The highest BCUT2D eigenvalue weighted by Crippen LogP contribution is 2.50. The van der Waals surface area contributed by atoms with Crippen molar-refractivity contribution >= 4 is 15.9 Å². The topological polar surface area (TPSA) is 44.8 Å². The van der Waals surface area contributed by atoms with Gasteiger partial charge in [0.15, 0.2) is 0 Å². The third-order valence-electron chi connectivity index (χ3n) is 3.46. The molecule has 2 aromatic carbocycles. The van der Waals surface area contributed by atoms with Gasteiger partial charge in [-0.05, 0) is 24.3 Å². The molecule has 6 heteroatoms. The second kappa shape index (κ2) is 8.52. The van der Waals surface area contributed by atoms with E-state index < -0.39 is 15.9 Å². The minimum absolute atomic E-state index is 0.428. The summed E-state index contributed by atoms with van der Waals surface area (Å²) < 4.78 is 30.1. The lowest BCUT2D eigenvalue weighted by molar-refractivity contribution is 0.235. The second-order valence-corrected chi connectivity index (χ2v) is 13.1. The molecule has 0 N–H and O–H groups in total. The minimum atomic E-state index is -3.75. The molecule has 4 nitrogen and oxygen atoms in total. The molecule has 0 aliphatic carbocycles. The molecule has 2 aromatic rings. The van der Waals surface area contributed by atoms with Crippen LogP contribution in [0.1, 0.15) is 13.3 Å². The van der Waals surface area contributed by atoms with Crippen molar-refractivity contribution in [1.29, 1.82) is 0 Å². The zero-order valence-corrected chi connectivity index (χ0v) is 16.4. The van der Waals surface area contributed by atoms with Crippen molar-refractivity contribution in [2.24, 2.45) is 0 Å². The first kappa shape index (κ1) is 18.8. The molecule has 0 radical (unpaired) electrons. The summed E-state index contributed by atoms with van der Waals surface area (Å²) in [6, 6.07) is 19.0. The summed E-state index contributed by atoms with van der Waals surface area (Å²) in [5.41, 5.74) is 0.